The van der Waals surface area contributed by atoms with E-state index < -0.39 is 52.1 Å². The van der Waals surface area contributed by atoms with E-state index in [4.69, 9.17) is 15.5 Å². The monoisotopic (exact) mass is 470 g/mol. The van der Waals surface area contributed by atoms with Crippen molar-refractivity contribution in [2.24, 2.45) is 0 Å². The lowest BCUT2D eigenvalue weighted by Gasteiger charge is -2.26. The molecule has 0 aliphatic heterocycles. The molecular formula is C14H21FN4O9P2. The van der Waals surface area contributed by atoms with Gasteiger partial charge >= 0.3 is 15.2 Å². The van der Waals surface area contributed by atoms with E-state index in [1.165, 1.54) is 13.0 Å². The molecule has 168 valence electrons. The number of hydrogen-bond donors (Lipinski definition) is 7. The zero-order valence-electron chi connectivity index (χ0n) is 15.5. The average molecular weight is 470 g/mol. The van der Waals surface area contributed by atoms with Crippen LogP contribution in [-0.4, -0.2) is 69.3 Å². The molecule has 13 nitrogen and oxygen atoms in total. The maximum Gasteiger partial charge on any atom is 0.340 e. The van der Waals surface area contributed by atoms with Crippen LogP contribution in [0.5, 0.6) is 0 Å². The van der Waals surface area contributed by atoms with Crippen LogP contribution in [0.4, 0.5) is 10.2 Å². The van der Waals surface area contributed by atoms with Crippen LogP contribution in [0, 0.1) is 5.95 Å². The van der Waals surface area contributed by atoms with Crippen molar-refractivity contribution in [2.45, 2.75) is 25.4 Å². The smallest absolute Gasteiger partial charge is 0.340 e. The first-order chi connectivity index (χ1) is 13.8. The van der Waals surface area contributed by atoms with Crippen molar-refractivity contribution in [1.29, 1.82) is 0 Å². The summed E-state index contributed by atoms with van der Waals surface area (Å²) in [5, 5.41) is 31.1. The Bertz CT molecular complexity index is 1040. The minimum Gasteiger partial charge on any atom is -0.386 e. The Morgan fingerprint density at radius 3 is 2.53 bits per heavy atom. The Hall–Kier alpha value is -1.73. The standard InChI is InChI=1S/C14H21FN4O9P2/c1-2-7(4-28-30(26,27)6-29(23,24)25)11(20)12(21)14(22)19-5-17-10-8(19)3-9(15)18-13(10)16/h2-3,5,11-12,14,20-22H,4,6H2,1H3,(H2,16,18)(H,26,27)(H2,23,24,25)/b7-2-/t11-,12-,14-/m1/s1. The molecule has 0 bridgehead atoms. The van der Waals surface area contributed by atoms with Gasteiger partial charge in [-0.25, -0.2) is 9.97 Å². The van der Waals surface area contributed by atoms with Gasteiger partial charge in [-0.3, -0.25) is 9.13 Å². The number of allylic oxidation sites excluding steroid dienone is 1. The van der Waals surface area contributed by atoms with E-state index in [0.29, 0.717) is 0 Å². The van der Waals surface area contributed by atoms with Gasteiger partial charge in [0, 0.05) is 6.07 Å². The number of rotatable bonds is 9. The number of pyridine rings is 1. The quantitative estimate of drug-likeness (QED) is 0.142. The lowest BCUT2D eigenvalue weighted by molar-refractivity contribution is -0.0794. The van der Waals surface area contributed by atoms with Gasteiger partial charge in [0.05, 0.1) is 18.5 Å². The molecule has 2 aromatic heterocycles. The van der Waals surface area contributed by atoms with E-state index in [-0.39, 0.29) is 22.4 Å². The fourth-order valence-electron chi connectivity index (χ4n) is 2.57. The summed E-state index contributed by atoms with van der Waals surface area (Å²) in [6.07, 6.45) is -3.37. The predicted molar refractivity (Wildman–Crippen MR) is 102 cm³/mol. The second-order valence-corrected chi connectivity index (χ2v) is 10.3. The summed E-state index contributed by atoms with van der Waals surface area (Å²) in [7, 11) is -9.55. The second kappa shape index (κ2) is 9.18. The molecular weight excluding hydrogens is 449 g/mol. The van der Waals surface area contributed by atoms with E-state index in [1.807, 2.05) is 0 Å². The molecule has 2 heterocycles. The fourth-order valence-corrected chi connectivity index (χ4v) is 5.11. The third-order valence-corrected chi connectivity index (χ3v) is 7.45. The van der Waals surface area contributed by atoms with E-state index in [9.17, 15) is 33.7 Å². The summed E-state index contributed by atoms with van der Waals surface area (Å²) >= 11 is 0. The molecule has 0 saturated carbocycles. The zero-order valence-corrected chi connectivity index (χ0v) is 17.3. The summed E-state index contributed by atoms with van der Waals surface area (Å²) in [5.41, 5.74) is 5.41. The predicted octanol–water partition coefficient (Wildman–Crippen LogP) is -0.351. The summed E-state index contributed by atoms with van der Waals surface area (Å²) in [6, 6.07) is 0.908. The van der Waals surface area contributed by atoms with Gasteiger partial charge < -0.3 is 44.8 Å². The van der Waals surface area contributed by atoms with Crippen LogP contribution in [0.3, 0.4) is 0 Å². The van der Waals surface area contributed by atoms with Crippen LogP contribution in [0.1, 0.15) is 13.2 Å². The number of aromatic nitrogens is 3. The van der Waals surface area contributed by atoms with Crippen LogP contribution in [0.25, 0.3) is 11.0 Å². The number of aliphatic hydroxyl groups is 3. The maximum atomic E-state index is 13.5. The number of aliphatic hydroxyl groups excluding tert-OH is 3. The highest BCUT2D eigenvalue weighted by molar-refractivity contribution is 7.70. The number of nitrogens with zero attached hydrogens (tertiary/aromatic N) is 3. The van der Waals surface area contributed by atoms with Crippen LogP contribution >= 0.6 is 15.2 Å². The minimum atomic E-state index is -4.84. The summed E-state index contributed by atoms with van der Waals surface area (Å²) in [4.78, 5) is 34.3. The molecule has 0 aliphatic rings. The highest BCUT2D eigenvalue weighted by Crippen LogP contribution is 2.55. The lowest BCUT2D eigenvalue weighted by atomic mass is 10.0. The van der Waals surface area contributed by atoms with Crippen LogP contribution in [0.15, 0.2) is 24.0 Å². The molecule has 1 unspecified atom stereocenters. The summed E-state index contributed by atoms with van der Waals surface area (Å²) in [5.74, 6) is -2.65. The van der Waals surface area contributed by atoms with E-state index in [0.717, 1.165) is 17.0 Å². The van der Waals surface area contributed by atoms with Gasteiger partial charge in [0.15, 0.2) is 17.9 Å². The number of hydrogen-bond acceptors (Lipinski definition) is 9. The van der Waals surface area contributed by atoms with Crippen LogP contribution < -0.4 is 5.73 Å². The molecule has 0 amide bonds. The number of nitrogen functional groups attached to an aromatic ring is 1. The van der Waals surface area contributed by atoms with Crippen molar-refractivity contribution >= 4 is 32.0 Å². The third kappa shape index (κ3) is 5.91. The normalized spacial score (nSPS) is 18.2. The van der Waals surface area contributed by atoms with Crippen molar-refractivity contribution in [3.8, 4) is 0 Å². The first-order valence-corrected chi connectivity index (χ1v) is 11.8. The fraction of sp³-hybridized carbons (Fsp3) is 0.429. The second-order valence-electron chi connectivity index (χ2n) is 6.28. The average Bonchev–Trinajstić information content (AvgIpc) is 3.02. The Labute approximate surface area is 169 Å². The molecule has 0 saturated heterocycles. The third-order valence-electron chi connectivity index (χ3n) is 4.02. The highest BCUT2D eigenvalue weighted by atomic mass is 31.2. The van der Waals surface area contributed by atoms with E-state index in [1.54, 1.807) is 0 Å². The van der Waals surface area contributed by atoms with Gasteiger partial charge in [0.2, 0.25) is 5.95 Å². The molecule has 0 aromatic carbocycles. The molecule has 0 fully saturated rings. The molecule has 8 N–H and O–H groups in total. The highest BCUT2D eigenvalue weighted by Gasteiger charge is 2.34. The van der Waals surface area contributed by atoms with Gasteiger partial charge in [-0.05, 0) is 12.5 Å². The Balaban J connectivity index is 2.18. The van der Waals surface area contributed by atoms with Crippen molar-refractivity contribution in [1.82, 2.24) is 14.5 Å². The van der Waals surface area contributed by atoms with E-state index >= 15 is 0 Å². The molecule has 4 atom stereocenters. The Morgan fingerprint density at radius 2 is 1.97 bits per heavy atom. The number of imidazole rings is 1. The first kappa shape index (κ1) is 24.5. The molecule has 0 radical (unpaired) electrons. The Morgan fingerprint density at radius 1 is 1.33 bits per heavy atom. The number of anilines is 1. The molecule has 0 spiro atoms. The molecule has 2 aromatic rings. The van der Waals surface area contributed by atoms with E-state index in [2.05, 4.69) is 14.5 Å². The number of fused-ring (bicyclic) bond motifs is 1. The van der Waals surface area contributed by atoms with Gasteiger partial charge in [0.25, 0.3) is 0 Å². The Kier molecular flexibility index (Phi) is 7.51. The number of halogens is 1. The van der Waals surface area contributed by atoms with Crippen molar-refractivity contribution in [3.05, 3.63) is 30.0 Å². The summed E-state index contributed by atoms with van der Waals surface area (Å²) < 4.78 is 41.7. The minimum absolute atomic E-state index is 0.0152. The van der Waals surface area contributed by atoms with Gasteiger partial charge in [0.1, 0.15) is 17.7 Å². The maximum absolute atomic E-state index is 13.5. The molecule has 2 rings (SSSR count). The molecule has 16 heteroatoms. The first-order valence-electron chi connectivity index (χ1n) is 8.24. The lowest BCUT2D eigenvalue weighted by Crippen LogP contribution is -2.37. The van der Waals surface area contributed by atoms with Crippen LogP contribution in [-0.2, 0) is 13.7 Å². The van der Waals surface area contributed by atoms with Crippen molar-refractivity contribution in [3.63, 3.8) is 0 Å². The summed E-state index contributed by atoms with van der Waals surface area (Å²) in [6.45, 7) is 0.617. The molecule has 30 heavy (non-hydrogen) atoms. The number of nitrogens with two attached hydrogens (primary N) is 1. The molecule has 0 aliphatic carbocycles. The topological polar surface area (TPSA) is 221 Å². The zero-order chi connectivity index (χ0) is 22.9. The van der Waals surface area contributed by atoms with Gasteiger partial charge in [-0.15, -0.1) is 0 Å². The van der Waals surface area contributed by atoms with Crippen molar-refractivity contribution < 1.29 is 48.0 Å². The van der Waals surface area contributed by atoms with Crippen molar-refractivity contribution in [2.75, 3.05) is 18.2 Å². The van der Waals surface area contributed by atoms with Crippen LogP contribution in [0.2, 0.25) is 0 Å². The largest absolute Gasteiger partial charge is 0.386 e. The van der Waals surface area contributed by atoms with Gasteiger partial charge in [-0.1, -0.05) is 6.08 Å². The van der Waals surface area contributed by atoms with Gasteiger partial charge in [-0.2, -0.15) is 4.39 Å². The SMILES string of the molecule is C/C=C(/COP(=O)(O)CP(=O)(O)O)[C@@H](O)[C@@H](O)[C@@H](O)n1cnc2c(N)nc(F)cc21.